The van der Waals surface area contributed by atoms with Gasteiger partial charge in [0.05, 0.1) is 0 Å². The minimum absolute atomic E-state index is 0.111. The largest absolute Gasteiger partial charge is 0.357 e. The number of benzene rings is 1. The summed E-state index contributed by atoms with van der Waals surface area (Å²) >= 11 is 0. The molecule has 1 aromatic carbocycles. The van der Waals surface area contributed by atoms with E-state index >= 15 is 0 Å². The number of imidazole rings is 1. The average Bonchev–Trinajstić information content (AvgIpc) is 3.50. The Kier molecular flexibility index (Phi) is 7.22. The molecule has 0 aliphatic heterocycles. The van der Waals surface area contributed by atoms with E-state index < -0.39 is 0 Å². The summed E-state index contributed by atoms with van der Waals surface area (Å²) in [5.74, 6) is 2.08. The summed E-state index contributed by atoms with van der Waals surface area (Å²) in [5, 5.41) is 10.1. The van der Waals surface area contributed by atoms with Gasteiger partial charge in [-0.1, -0.05) is 36.8 Å². The fourth-order valence-corrected chi connectivity index (χ4v) is 4.18. The van der Waals surface area contributed by atoms with Gasteiger partial charge in [-0.15, -0.1) is 0 Å². The Balaban J connectivity index is 1.35. The van der Waals surface area contributed by atoms with Gasteiger partial charge in [0, 0.05) is 43.5 Å². The number of hydrogen-bond donors (Lipinski definition) is 3. The van der Waals surface area contributed by atoms with E-state index in [1.807, 2.05) is 18.5 Å². The lowest BCUT2D eigenvalue weighted by Crippen LogP contribution is -2.47. The second-order valence-electron chi connectivity index (χ2n) is 8.64. The summed E-state index contributed by atoms with van der Waals surface area (Å²) in [4.78, 5) is 21.8. The van der Waals surface area contributed by atoms with Crippen LogP contribution in [0.5, 0.6) is 0 Å². The first-order chi connectivity index (χ1) is 15.2. The molecule has 2 atom stereocenters. The summed E-state index contributed by atoms with van der Waals surface area (Å²) in [6.07, 6.45) is 10.1. The monoisotopic (exact) mass is 422 g/mol. The van der Waals surface area contributed by atoms with Crippen molar-refractivity contribution < 1.29 is 4.79 Å². The molecule has 31 heavy (non-hydrogen) atoms. The molecule has 7 heteroatoms. The molecule has 0 radical (unpaired) electrons. The maximum Gasteiger partial charge on any atom is 0.223 e. The number of aliphatic imine (C=N–C) groups is 1. The average molecular weight is 423 g/mol. The van der Waals surface area contributed by atoms with Gasteiger partial charge in [-0.2, -0.15) is 0 Å². The fraction of sp³-hybridized carbons (Fsp3) is 0.542. The molecule has 2 aliphatic rings. The molecule has 2 fully saturated rings. The molecule has 166 valence electrons. The first kappa shape index (κ1) is 21.4. The molecule has 2 aromatic rings. The van der Waals surface area contributed by atoms with Gasteiger partial charge < -0.3 is 20.5 Å². The second-order valence-corrected chi connectivity index (χ2v) is 8.64. The van der Waals surface area contributed by atoms with Gasteiger partial charge in [0.1, 0.15) is 12.4 Å². The SMILES string of the molecule is CCNC(=NCc1nccn1Cc1ccccc1)NC1CCCC(C(=O)NC2CC2)C1. The van der Waals surface area contributed by atoms with Crippen molar-refractivity contribution in [2.75, 3.05) is 6.54 Å². The molecule has 2 saturated carbocycles. The van der Waals surface area contributed by atoms with Crippen molar-refractivity contribution in [3.05, 3.63) is 54.1 Å². The summed E-state index contributed by atoms with van der Waals surface area (Å²) < 4.78 is 2.14. The Hall–Kier alpha value is -2.83. The molecule has 4 rings (SSSR count). The van der Waals surface area contributed by atoms with Crippen LogP contribution in [0.1, 0.15) is 56.8 Å². The summed E-state index contributed by atoms with van der Waals surface area (Å²) in [5.41, 5.74) is 1.24. The van der Waals surface area contributed by atoms with Gasteiger partial charge in [-0.25, -0.2) is 9.98 Å². The van der Waals surface area contributed by atoms with Crippen molar-refractivity contribution in [3.8, 4) is 0 Å². The van der Waals surface area contributed by atoms with Crippen molar-refractivity contribution in [1.29, 1.82) is 0 Å². The van der Waals surface area contributed by atoms with Crippen LogP contribution in [0.25, 0.3) is 0 Å². The van der Waals surface area contributed by atoms with Crippen LogP contribution in [-0.2, 0) is 17.9 Å². The minimum Gasteiger partial charge on any atom is -0.357 e. The quantitative estimate of drug-likeness (QED) is 0.451. The number of nitrogens with one attached hydrogen (secondary N) is 3. The molecule has 1 amide bonds. The molecule has 2 aliphatic carbocycles. The highest BCUT2D eigenvalue weighted by molar-refractivity contribution is 5.81. The Morgan fingerprint density at radius 2 is 1.97 bits per heavy atom. The third-order valence-electron chi connectivity index (χ3n) is 6.03. The second kappa shape index (κ2) is 10.5. The molecule has 0 spiro atoms. The van der Waals surface area contributed by atoms with E-state index in [4.69, 9.17) is 4.99 Å². The third kappa shape index (κ3) is 6.32. The topological polar surface area (TPSA) is 83.3 Å². The number of rotatable bonds is 8. The Morgan fingerprint density at radius 3 is 2.74 bits per heavy atom. The van der Waals surface area contributed by atoms with Crippen molar-refractivity contribution >= 4 is 11.9 Å². The Bertz CT molecular complexity index is 873. The summed E-state index contributed by atoms with van der Waals surface area (Å²) in [6.45, 7) is 4.16. The van der Waals surface area contributed by atoms with Gasteiger partial charge >= 0.3 is 0 Å². The van der Waals surface area contributed by atoms with Crippen LogP contribution in [-0.4, -0.2) is 40.0 Å². The van der Waals surface area contributed by atoms with E-state index in [1.165, 1.54) is 5.56 Å². The van der Waals surface area contributed by atoms with Gasteiger partial charge in [0.25, 0.3) is 0 Å². The molecule has 0 saturated heterocycles. The normalized spacial score (nSPS) is 21.5. The number of carbonyl (C=O) groups is 1. The molecule has 1 aromatic heterocycles. The first-order valence-corrected chi connectivity index (χ1v) is 11.6. The molecule has 3 N–H and O–H groups in total. The third-order valence-corrected chi connectivity index (χ3v) is 6.03. The number of hydrogen-bond acceptors (Lipinski definition) is 3. The zero-order valence-corrected chi connectivity index (χ0v) is 18.4. The lowest BCUT2D eigenvalue weighted by molar-refractivity contribution is -0.126. The fourth-order valence-electron chi connectivity index (χ4n) is 4.18. The molecular weight excluding hydrogens is 388 g/mol. The van der Waals surface area contributed by atoms with Crippen molar-refractivity contribution in [2.45, 2.75) is 70.6 Å². The highest BCUT2D eigenvalue weighted by Gasteiger charge is 2.31. The number of aromatic nitrogens is 2. The number of carbonyl (C=O) groups excluding carboxylic acids is 1. The number of amides is 1. The van der Waals surface area contributed by atoms with Crippen LogP contribution in [0.4, 0.5) is 0 Å². The molecule has 7 nitrogen and oxygen atoms in total. The molecule has 1 heterocycles. The van der Waals surface area contributed by atoms with E-state index in [0.29, 0.717) is 12.6 Å². The van der Waals surface area contributed by atoms with Crippen molar-refractivity contribution in [2.24, 2.45) is 10.9 Å². The smallest absolute Gasteiger partial charge is 0.223 e. The van der Waals surface area contributed by atoms with Crippen molar-refractivity contribution in [3.63, 3.8) is 0 Å². The van der Waals surface area contributed by atoms with Crippen LogP contribution >= 0.6 is 0 Å². The van der Waals surface area contributed by atoms with Gasteiger partial charge in [0.2, 0.25) is 5.91 Å². The zero-order valence-electron chi connectivity index (χ0n) is 18.4. The van der Waals surface area contributed by atoms with Crippen LogP contribution in [0.3, 0.4) is 0 Å². The van der Waals surface area contributed by atoms with E-state index in [0.717, 1.165) is 63.4 Å². The number of guanidine groups is 1. The van der Waals surface area contributed by atoms with Crippen LogP contribution in [0.2, 0.25) is 0 Å². The van der Waals surface area contributed by atoms with Gasteiger partial charge in [-0.3, -0.25) is 4.79 Å². The van der Waals surface area contributed by atoms with Gasteiger partial charge in [-0.05, 0) is 44.6 Å². The first-order valence-electron chi connectivity index (χ1n) is 11.6. The van der Waals surface area contributed by atoms with E-state index in [1.54, 1.807) is 0 Å². The van der Waals surface area contributed by atoms with E-state index in [9.17, 15) is 4.79 Å². The highest BCUT2D eigenvalue weighted by atomic mass is 16.2. The minimum atomic E-state index is 0.111. The lowest BCUT2D eigenvalue weighted by Gasteiger charge is -2.30. The lowest BCUT2D eigenvalue weighted by atomic mass is 9.85. The Labute approximate surface area is 184 Å². The zero-order chi connectivity index (χ0) is 21.5. The Morgan fingerprint density at radius 1 is 1.13 bits per heavy atom. The van der Waals surface area contributed by atoms with Crippen LogP contribution in [0, 0.1) is 5.92 Å². The maximum absolute atomic E-state index is 12.5. The molecule has 0 bridgehead atoms. The van der Waals surface area contributed by atoms with Crippen LogP contribution in [0.15, 0.2) is 47.7 Å². The van der Waals surface area contributed by atoms with Gasteiger partial charge in [0.15, 0.2) is 5.96 Å². The standard InChI is InChI=1S/C24H34N6O/c1-2-25-24(29-21-10-6-9-19(15-21)23(31)28-20-11-12-20)27-16-22-26-13-14-30(22)17-18-7-4-3-5-8-18/h3-5,7-8,13-14,19-21H,2,6,9-12,15-17H2,1H3,(H,28,31)(H2,25,27,29). The predicted molar refractivity (Wildman–Crippen MR) is 123 cm³/mol. The predicted octanol–water partition coefficient (Wildman–Crippen LogP) is 2.82. The van der Waals surface area contributed by atoms with Crippen LogP contribution < -0.4 is 16.0 Å². The summed E-state index contributed by atoms with van der Waals surface area (Å²) in [6, 6.07) is 11.1. The maximum atomic E-state index is 12.5. The summed E-state index contributed by atoms with van der Waals surface area (Å²) in [7, 11) is 0. The molecular formula is C24H34N6O. The molecule has 2 unspecified atom stereocenters. The number of nitrogens with zero attached hydrogens (tertiary/aromatic N) is 3. The van der Waals surface area contributed by atoms with E-state index in [2.05, 4.69) is 56.7 Å². The highest BCUT2D eigenvalue weighted by Crippen LogP contribution is 2.26. The van der Waals surface area contributed by atoms with Crippen molar-refractivity contribution in [1.82, 2.24) is 25.5 Å². The van der Waals surface area contributed by atoms with E-state index in [-0.39, 0.29) is 17.9 Å².